The lowest BCUT2D eigenvalue weighted by atomic mass is 10.3. The molecule has 0 radical (unpaired) electrons. The maximum atomic E-state index is 8.26. The number of pyridine rings is 1. The van der Waals surface area contributed by atoms with Crippen LogP contribution in [0.2, 0.25) is 0 Å². The number of rotatable bonds is 3. The highest BCUT2D eigenvalue weighted by Crippen LogP contribution is 2.04. The highest BCUT2D eigenvalue weighted by molar-refractivity contribution is 5.78. The minimum atomic E-state index is 0.366. The average Bonchev–Trinajstić information content (AvgIpc) is 2.08. The molecule has 13 heavy (non-hydrogen) atoms. The van der Waals surface area contributed by atoms with Crippen LogP contribution in [-0.4, -0.2) is 22.4 Å². The van der Waals surface area contributed by atoms with Crippen molar-refractivity contribution < 1.29 is 5.21 Å². The molecule has 1 aromatic heterocycles. The van der Waals surface area contributed by atoms with E-state index in [0.717, 1.165) is 11.4 Å². The molecule has 0 saturated heterocycles. The fourth-order valence-electron chi connectivity index (χ4n) is 0.929. The molecule has 70 valence electrons. The Bertz CT molecular complexity index is 279. The number of nitrogens with one attached hydrogen (secondary N) is 1. The summed E-state index contributed by atoms with van der Waals surface area (Å²) in [6, 6.07) is 4.04. The lowest BCUT2D eigenvalue weighted by Gasteiger charge is -2.07. The van der Waals surface area contributed by atoms with Gasteiger partial charge in [0.15, 0.2) is 0 Å². The van der Waals surface area contributed by atoms with E-state index in [1.54, 1.807) is 6.20 Å². The second-order valence-corrected chi connectivity index (χ2v) is 3.02. The van der Waals surface area contributed by atoms with Crippen LogP contribution in [-0.2, 0) is 0 Å². The van der Waals surface area contributed by atoms with Crippen molar-refractivity contribution in [1.82, 2.24) is 4.98 Å². The Balaban J connectivity index is 2.69. The van der Waals surface area contributed by atoms with Gasteiger partial charge in [0.1, 0.15) is 5.82 Å². The third-order valence-corrected chi connectivity index (χ3v) is 1.43. The number of anilines is 1. The summed E-state index contributed by atoms with van der Waals surface area (Å²) in [6.45, 7) is 4.09. The summed E-state index contributed by atoms with van der Waals surface area (Å²) in [5, 5.41) is 14.3. The van der Waals surface area contributed by atoms with Crippen molar-refractivity contribution in [2.45, 2.75) is 19.9 Å². The Hall–Kier alpha value is -1.58. The van der Waals surface area contributed by atoms with E-state index >= 15 is 0 Å². The van der Waals surface area contributed by atoms with Gasteiger partial charge in [-0.05, 0) is 26.0 Å². The molecule has 0 aromatic carbocycles. The summed E-state index contributed by atoms with van der Waals surface area (Å²) in [6.07, 6.45) is 2.98. The van der Waals surface area contributed by atoms with Crippen molar-refractivity contribution in [2.24, 2.45) is 5.16 Å². The van der Waals surface area contributed by atoms with E-state index in [2.05, 4.69) is 15.5 Å². The van der Waals surface area contributed by atoms with Gasteiger partial charge >= 0.3 is 0 Å². The summed E-state index contributed by atoms with van der Waals surface area (Å²) in [7, 11) is 0. The summed E-state index contributed by atoms with van der Waals surface area (Å²) in [5.74, 6) is 0.824. The van der Waals surface area contributed by atoms with E-state index in [0.29, 0.717) is 6.04 Å². The fourth-order valence-corrected chi connectivity index (χ4v) is 0.929. The van der Waals surface area contributed by atoms with E-state index < -0.39 is 0 Å². The van der Waals surface area contributed by atoms with Gasteiger partial charge in [0.05, 0.1) is 6.21 Å². The van der Waals surface area contributed by atoms with Crippen LogP contribution >= 0.6 is 0 Å². The van der Waals surface area contributed by atoms with Crippen molar-refractivity contribution in [1.29, 1.82) is 0 Å². The molecule has 0 atom stereocenters. The Morgan fingerprint density at radius 1 is 1.54 bits per heavy atom. The molecule has 1 rings (SSSR count). The number of hydrogen-bond acceptors (Lipinski definition) is 4. The van der Waals surface area contributed by atoms with Crippen molar-refractivity contribution >= 4 is 12.0 Å². The largest absolute Gasteiger partial charge is 0.411 e. The van der Waals surface area contributed by atoms with Gasteiger partial charge in [-0.2, -0.15) is 0 Å². The van der Waals surface area contributed by atoms with E-state index in [4.69, 9.17) is 5.21 Å². The molecule has 0 fully saturated rings. The molecule has 0 saturated carbocycles. The standard InChI is InChI=1S/C9H13N3O/c1-7(2)12-9-4-3-8(5-10-9)6-11-13/h3-7,13H,1-2H3,(H,10,12)/b11-6-. The fraction of sp³-hybridized carbons (Fsp3) is 0.333. The highest BCUT2D eigenvalue weighted by atomic mass is 16.4. The molecule has 0 bridgehead atoms. The molecule has 0 amide bonds. The normalized spacial score (nSPS) is 11.0. The minimum absolute atomic E-state index is 0.366. The van der Waals surface area contributed by atoms with Gasteiger partial charge in [0, 0.05) is 17.8 Å². The molecule has 4 nitrogen and oxygen atoms in total. The topological polar surface area (TPSA) is 57.5 Å². The lowest BCUT2D eigenvalue weighted by molar-refractivity contribution is 0.322. The third-order valence-electron chi connectivity index (χ3n) is 1.43. The van der Waals surface area contributed by atoms with Crippen LogP contribution in [0.4, 0.5) is 5.82 Å². The summed E-state index contributed by atoms with van der Waals surface area (Å²) in [4.78, 5) is 4.12. The number of aromatic nitrogens is 1. The second kappa shape index (κ2) is 4.45. The Morgan fingerprint density at radius 3 is 2.77 bits per heavy atom. The maximum Gasteiger partial charge on any atom is 0.126 e. The van der Waals surface area contributed by atoms with Gasteiger partial charge in [-0.25, -0.2) is 4.98 Å². The van der Waals surface area contributed by atoms with Crippen LogP contribution in [0, 0.1) is 0 Å². The van der Waals surface area contributed by atoms with Crippen LogP contribution in [0.1, 0.15) is 19.4 Å². The van der Waals surface area contributed by atoms with Crippen molar-refractivity contribution in [2.75, 3.05) is 5.32 Å². The first-order valence-corrected chi connectivity index (χ1v) is 4.12. The number of hydrogen-bond donors (Lipinski definition) is 2. The monoisotopic (exact) mass is 179 g/mol. The second-order valence-electron chi connectivity index (χ2n) is 3.02. The Morgan fingerprint density at radius 2 is 2.31 bits per heavy atom. The van der Waals surface area contributed by atoms with E-state index in [1.807, 2.05) is 26.0 Å². The van der Waals surface area contributed by atoms with Crippen molar-refractivity contribution in [3.05, 3.63) is 23.9 Å². The molecule has 1 heterocycles. The molecular weight excluding hydrogens is 166 g/mol. The zero-order valence-corrected chi connectivity index (χ0v) is 7.73. The molecule has 0 spiro atoms. The Kier molecular flexibility index (Phi) is 3.25. The van der Waals surface area contributed by atoms with Gasteiger partial charge in [-0.1, -0.05) is 5.16 Å². The van der Waals surface area contributed by atoms with Crippen LogP contribution in [0.5, 0.6) is 0 Å². The molecule has 0 unspecified atom stereocenters. The highest BCUT2D eigenvalue weighted by Gasteiger charge is 1.95. The first-order valence-electron chi connectivity index (χ1n) is 4.12. The summed E-state index contributed by atoms with van der Waals surface area (Å²) < 4.78 is 0. The number of oxime groups is 1. The SMILES string of the molecule is CC(C)Nc1ccc(/C=N\O)cn1. The van der Waals surface area contributed by atoms with Crippen molar-refractivity contribution in [3.8, 4) is 0 Å². The predicted octanol–water partition coefficient (Wildman–Crippen LogP) is 1.71. The minimum Gasteiger partial charge on any atom is -0.411 e. The first-order chi connectivity index (χ1) is 6.22. The smallest absolute Gasteiger partial charge is 0.126 e. The summed E-state index contributed by atoms with van der Waals surface area (Å²) >= 11 is 0. The van der Waals surface area contributed by atoms with Crippen LogP contribution in [0.25, 0.3) is 0 Å². The Labute approximate surface area is 77.3 Å². The van der Waals surface area contributed by atoms with E-state index in [9.17, 15) is 0 Å². The molecule has 1 aromatic rings. The first kappa shape index (κ1) is 9.51. The number of nitrogens with zero attached hydrogens (tertiary/aromatic N) is 2. The summed E-state index contributed by atoms with van der Waals surface area (Å²) in [5.41, 5.74) is 0.775. The molecular formula is C9H13N3O. The van der Waals surface area contributed by atoms with Crippen LogP contribution in [0.3, 0.4) is 0 Å². The molecule has 4 heteroatoms. The van der Waals surface area contributed by atoms with Gasteiger partial charge in [-0.15, -0.1) is 0 Å². The van der Waals surface area contributed by atoms with Gasteiger partial charge in [0.25, 0.3) is 0 Å². The molecule has 0 aliphatic heterocycles. The van der Waals surface area contributed by atoms with Gasteiger partial charge in [0.2, 0.25) is 0 Å². The van der Waals surface area contributed by atoms with E-state index in [1.165, 1.54) is 6.21 Å². The molecule has 2 N–H and O–H groups in total. The average molecular weight is 179 g/mol. The lowest BCUT2D eigenvalue weighted by Crippen LogP contribution is -2.10. The quantitative estimate of drug-likeness (QED) is 0.422. The van der Waals surface area contributed by atoms with Crippen molar-refractivity contribution in [3.63, 3.8) is 0 Å². The van der Waals surface area contributed by atoms with E-state index in [-0.39, 0.29) is 0 Å². The van der Waals surface area contributed by atoms with Crippen LogP contribution in [0.15, 0.2) is 23.5 Å². The van der Waals surface area contributed by atoms with Gasteiger partial charge in [-0.3, -0.25) is 0 Å². The third kappa shape index (κ3) is 3.11. The molecule has 0 aliphatic rings. The predicted molar refractivity (Wildman–Crippen MR) is 52.4 cm³/mol. The maximum absolute atomic E-state index is 8.26. The zero-order chi connectivity index (χ0) is 9.68. The zero-order valence-electron chi connectivity index (χ0n) is 7.73. The van der Waals surface area contributed by atoms with Crippen LogP contribution < -0.4 is 5.32 Å². The molecule has 0 aliphatic carbocycles. The van der Waals surface area contributed by atoms with Gasteiger partial charge < -0.3 is 10.5 Å².